The first-order valence-corrected chi connectivity index (χ1v) is 5.33. The molecule has 0 fully saturated rings. The summed E-state index contributed by atoms with van der Waals surface area (Å²) in [4.78, 5) is 8.30. The van der Waals surface area contributed by atoms with Crippen LogP contribution in [-0.2, 0) is 0 Å². The van der Waals surface area contributed by atoms with E-state index >= 15 is 0 Å². The van der Waals surface area contributed by atoms with Gasteiger partial charge in [0.15, 0.2) is 4.34 Å². The highest BCUT2D eigenvalue weighted by atomic mass is 32.2. The lowest BCUT2D eigenvalue weighted by molar-refractivity contribution is 1.13. The first-order valence-electron chi connectivity index (χ1n) is 3.63. The van der Waals surface area contributed by atoms with Crippen molar-refractivity contribution in [1.82, 2.24) is 9.97 Å². The summed E-state index contributed by atoms with van der Waals surface area (Å²) in [5.41, 5.74) is 6.20. The molecular weight excluding hydrogens is 202 g/mol. The molecule has 0 spiro atoms. The van der Waals surface area contributed by atoms with Crippen LogP contribution in [0, 0.1) is 0 Å². The Morgan fingerprint density at radius 3 is 2.85 bits per heavy atom. The van der Waals surface area contributed by atoms with Crippen molar-refractivity contribution in [2.75, 3.05) is 5.73 Å². The normalized spacial score (nSPS) is 10.2. The van der Waals surface area contributed by atoms with Crippen molar-refractivity contribution in [2.45, 2.75) is 9.37 Å². The van der Waals surface area contributed by atoms with Crippen molar-refractivity contribution in [3.8, 4) is 0 Å². The number of nitrogen functional groups attached to an aromatic ring is 1. The topological polar surface area (TPSA) is 51.8 Å². The van der Waals surface area contributed by atoms with E-state index in [0.717, 1.165) is 9.37 Å². The highest BCUT2D eigenvalue weighted by Crippen LogP contribution is 2.27. The number of nitrogens with zero attached hydrogens (tertiary/aromatic N) is 2. The summed E-state index contributed by atoms with van der Waals surface area (Å²) >= 11 is 3.15. The molecule has 5 heteroatoms. The minimum atomic E-state index is 0.684. The largest absolute Gasteiger partial charge is 0.397 e. The molecule has 0 aliphatic rings. The summed E-state index contributed by atoms with van der Waals surface area (Å²) in [6.45, 7) is 0. The van der Waals surface area contributed by atoms with E-state index in [-0.39, 0.29) is 0 Å². The van der Waals surface area contributed by atoms with Crippen molar-refractivity contribution in [3.63, 3.8) is 0 Å². The molecule has 2 N–H and O–H groups in total. The molecule has 0 aliphatic carbocycles. The van der Waals surface area contributed by atoms with E-state index in [2.05, 4.69) is 9.97 Å². The fourth-order valence-corrected chi connectivity index (χ4v) is 2.31. The smallest absolute Gasteiger partial charge is 0.156 e. The van der Waals surface area contributed by atoms with Crippen LogP contribution in [0.1, 0.15) is 0 Å². The fraction of sp³-hybridized carbons (Fsp3) is 0. The van der Waals surface area contributed by atoms with Crippen LogP contribution in [0.2, 0.25) is 0 Å². The van der Waals surface area contributed by atoms with Gasteiger partial charge in [-0.2, -0.15) is 0 Å². The summed E-state index contributed by atoms with van der Waals surface area (Å²) in [5, 5.41) is 2.86. The summed E-state index contributed by atoms with van der Waals surface area (Å²) in [5.74, 6) is 0. The first-order chi connectivity index (χ1) is 6.34. The van der Waals surface area contributed by atoms with Gasteiger partial charge in [0.25, 0.3) is 0 Å². The molecule has 13 heavy (non-hydrogen) atoms. The maximum Gasteiger partial charge on any atom is 0.156 e. The predicted octanol–water partition coefficient (Wildman–Crippen LogP) is 2.27. The molecular formula is C8H7N3S2. The molecule has 0 saturated heterocycles. The minimum Gasteiger partial charge on any atom is -0.397 e. The maximum atomic E-state index is 5.52. The molecule has 0 radical (unpaired) electrons. The Labute approximate surface area is 84.0 Å². The van der Waals surface area contributed by atoms with Crippen LogP contribution >= 0.6 is 23.1 Å². The predicted molar refractivity (Wildman–Crippen MR) is 54.9 cm³/mol. The molecule has 66 valence electrons. The fourth-order valence-electron chi connectivity index (χ4n) is 0.802. The molecule has 2 aromatic rings. The molecule has 0 aliphatic heterocycles. The average molecular weight is 209 g/mol. The molecule has 0 aromatic carbocycles. The molecule has 2 heterocycles. The molecule has 0 amide bonds. The number of thiazole rings is 1. The van der Waals surface area contributed by atoms with E-state index in [0.29, 0.717) is 5.69 Å². The zero-order chi connectivity index (χ0) is 9.10. The van der Waals surface area contributed by atoms with Gasteiger partial charge in [0.1, 0.15) is 5.03 Å². The zero-order valence-corrected chi connectivity index (χ0v) is 8.31. The van der Waals surface area contributed by atoms with Crippen LogP contribution in [0.5, 0.6) is 0 Å². The van der Waals surface area contributed by atoms with Gasteiger partial charge in [-0.15, -0.1) is 11.3 Å². The first kappa shape index (κ1) is 8.52. The Balaban J connectivity index is 2.15. The van der Waals surface area contributed by atoms with Crippen LogP contribution in [0.25, 0.3) is 0 Å². The number of hydrogen-bond donors (Lipinski definition) is 1. The Kier molecular flexibility index (Phi) is 2.47. The molecule has 2 rings (SSSR count). The highest BCUT2D eigenvalue weighted by Gasteiger charge is 1.99. The van der Waals surface area contributed by atoms with E-state index in [1.165, 1.54) is 0 Å². The molecule has 2 aromatic heterocycles. The SMILES string of the molecule is Nc1ccc(Sc2nccs2)nc1. The Bertz CT molecular complexity index is 369. The van der Waals surface area contributed by atoms with E-state index in [9.17, 15) is 0 Å². The lowest BCUT2D eigenvalue weighted by Gasteiger charge is -1.96. The second kappa shape index (κ2) is 3.76. The third kappa shape index (κ3) is 2.19. The lowest BCUT2D eigenvalue weighted by Crippen LogP contribution is -1.86. The van der Waals surface area contributed by atoms with Gasteiger partial charge in [0, 0.05) is 11.6 Å². The van der Waals surface area contributed by atoms with Gasteiger partial charge >= 0.3 is 0 Å². The van der Waals surface area contributed by atoms with Crippen LogP contribution in [0.15, 0.2) is 39.3 Å². The number of pyridine rings is 1. The zero-order valence-electron chi connectivity index (χ0n) is 6.68. The summed E-state index contributed by atoms with van der Waals surface area (Å²) in [6, 6.07) is 3.73. The van der Waals surface area contributed by atoms with Crippen molar-refractivity contribution in [2.24, 2.45) is 0 Å². The quantitative estimate of drug-likeness (QED) is 0.824. The molecule has 0 bridgehead atoms. The summed E-state index contributed by atoms with van der Waals surface area (Å²) < 4.78 is 0.997. The van der Waals surface area contributed by atoms with Crippen LogP contribution in [0.4, 0.5) is 5.69 Å². The monoisotopic (exact) mass is 209 g/mol. The van der Waals surface area contributed by atoms with E-state index in [4.69, 9.17) is 5.73 Å². The number of anilines is 1. The maximum absolute atomic E-state index is 5.52. The van der Waals surface area contributed by atoms with Crippen LogP contribution in [-0.4, -0.2) is 9.97 Å². The third-order valence-electron chi connectivity index (χ3n) is 1.36. The van der Waals surface area contributed by atoms with Crippen LogP contribution in [0.3, 0.4) is 0 Å². The highest BCUT2D eigenvalue weighted by molar-refractivity contribution is 8.00. The van der Waals surface area contributed by atoms with Gasteiger partial charge in [-0.05, 0) is 23.9 Å². The Hall–Kier alpha value is -1.07. The van der Waals surface area contributed by atoms with Gasteiger partial charge in [-0.3, -0.25) is 0 Å². The summed E-state index contributed by atoms with van der Waals surface area (Å²) in [7, 11) is 0. The van der Waals surface area contributed by atoms with Crippen molar-refractivity contribution in [1.29, 1.82) is 0 Å². The number of nitrogens with two attached hydrogens (primary N) is 1. The van der Waals surface area contributed by atoms with Gasteiger partial charge in [-0.1, -0.05) is 0 Å². The third-order valence-corrected chi connectivity index (χ3v) is 3.19. The Morgan fingerprint density at radius 2 is 2.23 bits per heavy atom. The van der Waals surface area contributed by atoms with Crippen molar-refractivity contribution >= 4 is 28.8 Å². The Morgan fingerprint density at radius 1 is 1.31 bits per heavy atom. The van der Waals surface area contributed by atoms with Gasteiger partial charge in [-0.25, -0.2) is 9.97 Å². The minimum absolute atomic E-state index is 0.684. The van der Waals surface area contributed by atoms with Crippen molar-refractivity contribution in [3.05, 3.63) is 29.9 Å². The van der Waals surface area contributed by atoms with E-state index in [1.807, 2.05) is 17.5 Å². The number of aromatic nitrogens is 2. The van der Waals surface area contributed by atoms with Gasteiger partial charge in [0.05, 0.1) is 11.9 Å². The average Bonchev–Trinajstić information content (AvgIpc) is 2.62. The second-order valence-corrected chi connectivity index (χ2v) is 4.49. The van der Waals surface area contributed by atoms with Gasteiger partial charge < -0.3 is 5.73 Å². The molecule has 0 unspecified atom stereocenters. The summed E-state index contributed by atoms with van der Waals surface area (Å²) in [6.07, 6.45) is 3.43. The lowest BCUT2D eigenvalue weighted by atomic mass is 10.4. The number of rotatable bonds is 2. The molecule has 0 atom stereocenters. The van der Waals surface area contributed by atoms with Crippen molar-refractivity contribution < 1.29 is 0 Å². The molecule has 3 nitrogen and oxygen atoms in total. The second-order valence-electron chi connectivity index (χ2n) is 2.33. The van der Waals surface area contributed by atoms with E-state index < -0.39 is 0 Å². The van der Waals surface area contributed by atoms with Crippen LogP contribution < -0.4 is 5.73 Å². The molecule has 0 saturated carbocycles. The van der Waals surface area contributed by atoms with E-state index in [1.54, 1.807) is 35.5 Å². The number of hydrogen-bond acceptors (Lipinski definition) is 5. The van der Waals surface area contributed by atoms with Gasteiger partial charge in [0.2, 0.25) is 0 Å². The standard InChI is InChI=1S/C8H7N3S2/c9-6-1-2-7(11-5-6)13-8-10-3-4-12-8/h1-5H,9H2.